The summed E-state index contributed by atoms with van der Waals surface area (Å²) in [5.74, 6) is 1.83. The largest absolute Gasteiger partial charge is 0.322 e. The number of fused-ring (bicyclic) bond motifs is 1. The number of hydrogen-bond acceptors (Lipinski definition) is 3. The summed E-state index contributed by atoms with van der Waals surface area (Å²) in [6.45, 7) is 4.05. The van der Waals surface area contributed by atoms with Crippen molar-refractivity contribution >= 4 is 50.5 Å². The van der Waals surface area contributed by atoms with Crippen LogP contribution in [-0.4, -0.2) is 47.3 Å². The molecule has 29 heavy (non-hydrogen) atoms. The lowest BCUT2D eigenvalue weighted by atomic mass is 9.95. The highest BCUT2D eigenvalue weighted by molar-refractivity contribution is 9.11. The Balaban J connectivity index is 1.37. The van der Waals surface area contributed by atoms with Crippen molar-refractivity contribution in [1.82, 2.24) is 4.90 Å². The van der Waals surface area contributed by atoms with E-state index in [2.05, 4.69) is 43.6 Å². The summed E-state index contributed by atoms with van der Waals surface area (Å²) >= 11 is 11.3. The Morgan fingerprint density at radius 2 is 2.00 bits per heavy atom. The van der Waals surface area contributed by atoms with E-state index < -0.39 is 0 Å². The molecular formula is C22H27BrClN4S+. The first kappa shape index (κ1) is 21.0. The topological polar surface area (TPSA) is 56.1 Å². The zero-order valence-electron chi connectivity index (χ0n) is 16.5. The molecule has 1 saturated heterocycles. The monoisotopic (exact) mass is 493 g/mol. The molecule has 2 aliphatic heterocycles. The maximum atomic E-state index is 8.74. The van der Waals surface area contributed by atoms with E-state index in [9.17, 15) is 0 Å². The predicted octanol–water partition coefficient (Wildman–Crippen LogP) is 4.76. The van der Waals surface area contributed by atoms with E-state index in [1.165, 1.54) is 10.4 Å². The van der Waals surface area contributed by atoms with Gasteiger partial charge in [-0.15, -0.1) is 11.3 Å². The Labute approximate surface area is 190 Å². The highest BCUT2D eigenvalue weighted by Gasteiger charge is 2.30. The van der Waals surface area contributed by atoms with Gasteiger partial charge in [0.25, 0.3) is 5.84 Å². The van der Waals surface area contributed by atoms with Crippen molar-refractivity contribution in [2.24, 2.45) is 11.7 Å². The summed E-state index contributed by atoms with van der Waals surface area (Å²) in [5.41, 5.74) is 9.01. The van der Waals surface area contributed by atoms with Crippen LogP contribution in [0.5, 0.6) is 0 Å². The number of hydrogen-bond donors (Lipinski definition) is 2. The van der Waals surface area contributed by atoms with E-state index in [1.807, 2.05) is 12.1 Å². The van der Waals surface area contributed by atoms with Gasteiger partial charge in [0.05, 0.1) is 15.9 Å². The predicted molar refractivity (Wildman–Crippen MR) is 126 cm³/mol. The van der Waals surface area contributed by atoms with Crippen LogP contribution in [0.2, 0.25) is 5.02 Å². The minimum Gasteiger partial charge on any atom is -0.322 e. The Kier molecular flexibility index (Phi) is 6.74. The van der Waals surface area contributed by atoms with E-state index in [1.54, 1.807) is 11.3 Å². The van der Waals surface area contributed by atoms with Crippen molar-refractivity contribution < 1.29 is 4.58 Å². The Morgan fingerprint density at radius 3 is 2.72 bits per heavy atom. The summed E-state index contributed by atoms with van der Waals surface area (Å²) in [6, 6.07) is 10.2. The third kappa shape index (κ3) is 4.93. The van der Waals surface area contributed by atoms with Gasteiger partial charge in [0.15, 0.2) is 5.84 Å². The molecule has 4 nitrogen and oxygen atoms in total. The molecule has 1 aromatic heterocycles. The maximum absolute atomic E-state index is 8.74. The van der Waals surface area contributed by atoms with Crippen LogP contribution in [0.1, 0.15) is 35.3 Å². The van der Waals surface area contributed by atoms with Crippen LogP contribution in [0.3, 0.4) is 0 Å². The van der Waals surface area contributed by atoms with E-state index in [-0.39, 0.29) is 0 Å². The van der Waals surface area contributed by atoms with Crippen molar-refractivity contribution in [3.8, 4) is 0 Å². The summed E-state index contributed by atoms with van der Waals surface area (Å²) in [6.07, 6.45) is 5.25. The van der Waals surface area contributed by atoms with Crippen LogP contribution in [0.25, 0.3) is 0 Å². The molecule has 0 bridgehead atoms. The number of rotatable bonds is 4. The van der Waals surface area contributed by atoms with E-state index in [0.717, 1.165) is 78.5 Å². The fraction of sp³-hybridized carbons (Fsp3) is 0.455. The molecule has 1 fully saturated rings. The van der Waals surface area contributed by atoms with Crippen LogP contribution in [0.4, 0.5) is 0 Å². The first-order valence-corrected chi connectivity index (χ1v) is 12.2. The molecule has 0 spiro atoms. The molecule has 0 radical (unpaired) electrons. The van der Waals surface area contributed by atoms with Gasteiger partial charge in [0.1, 0.15) is 0 Å². The van der Waals surface area contributed by atoms with Gasteiger partial charge in [-0.1, -0.05) is 23.7 Å². The molecule has 7 heteroatoms. The lowest BCUT2D eigenvalue weighted by Gasteiger charge is -2.31. The lowest BCUT2D eigenvalue weighted by molar-refractivity contribution is -0.412. The van der Waals surface area contributed by atoms with Gasteiger partial charge in [-0.25, -0.2) is 4.58 Å². The van der Waals surface area contributed by atoms with Crippen LogP contribution in [-0.2, 0) is 12.8 Å². The molecule has 0 unspecified atom stereocenters. The normalized spacial score (nSPS) is 20.4. The summed E-state index contributed by atoms with van der Waals surface area (Å²) in [7, 11) is 0. The first-order valence-electron chi connectivity index (χ1n) is 10.2. The fourth-order valence-corrected chi connectivity index (χ4v) is 6.17. The van der Waals surface area contributed by atoms with Crippen molar-refractivity contribution in [1.29, 1.82) is 5.41 Å². The Morgan fingerprint density at radius 1 is 1.28 bits per heavy atom. The first-order chi connectivity index (χ1) is 14.0. The summed E-state index contributed by atoms with van der Waals surface area (Å²) in [5, 5.41) is 9.53. The van der Waals surface area contributed by atoms with Crippen LogP contribution >= 0.6 is 38.9 Å². The zero-order valence-corrected chi connectivity index (χ0v) is 19.6. The Hall–Kier alpha value is -1.21. The SMILES string of the molecule is N=C1c2cc(Br)sc2CCC[N+]1=C(N)C1CCN(CCc2ccc(Cl)cc2)CC1. The third-order valence-corrected chi connectivity index (χ3v) is 7.99. The minimum absolute atomic E-state index is 0.366. The number of thiophene rings is 1. The van der Waals surface area contributed by atoms with Crippen molar-refractivity contribution in [3.63, 3.8) is 0 Å². The molecule has 0 atom stereocenters. The second-order valence-electron chi connectivity index (χ2n) is 7.91. The molecule has 0 saturated carbocycles. The minimum atomic E-state index is 0.366. The third-order valence-electron chi connectivity index (χ3n) is 6.04. The number of aryl methyl sites for hydroxylation is 1. The maximum Gasteiger partial charge on any atom is 0.262 e. The molecule has 3 N–H and O–H groups in total. The quantitative estimate of drug-likeness (QED) is 0.475. The molecule has 2 aliphatic rings. The average Bonchev–Trinajstić information content (AvgIpc) is 3.04. The number of piperidine rings is 1. The Bertz CT molecular complexity index is 913. The van der Waals surface area contributed by atoms with Crippen LogP contribution < -0.4 is 5.73 Å². The highest BCUT2D eigenvalue weighted by Crippen LogP contribution is 2.31. The zero-order chi connectivity index (χ0) is 20.4. The standard InChI is InChI=1S/C22H26BrClN4S/c23-20-14-18-19(29-20)2-1-10-28(22(18)26)21(25)16-8-12-27(13-9-16)11-7-15-3-5-17(24)6-4-15/h3-6,14,16,25-26H,1-2,7-13H2/p+1. The molecule has 3 heterocycles. The average molecular weight is 495 g/mol. The van der Waals surface area contributed by atoms with Crippen LogP contribution in [0, 0.1) is 11.3 Å². The smallest absolute Gasteiger partial charge is 0.262 e. The van der Waals surface area contributed by atoms with Gasteiger partial charge in [-0.3, -0.25) is 0 Å². The molecular weight excluding hydrogens is 468 g/mol. The van der Waals surface area contributed by atoms with E-state index in [4.69, 9.17) is 22.7 Å². The lowest BCUT2D eigenvalue weighted by Crippen LogP contribution is -2.44. The fourth-order valence-electron chi connectivity index (χ4n) is 4.31. The summed E-state index contributed by atoms with van der Waals surface area (Å²) < 4.78 is 3.17. The van der Waals surface area contributed by atoms with Crippen molar-refractivity contribution in [3.05, 3.63) is 55.1 Å². The molecule has 154 valence electrons. The highest BCUT2D eigenvalue weighted by atomic mass is 79.9. The molecule has 4 rings (SSSR count). The number of halogens is 2. The summed E-state index contributed by atoms with van der Waals surface area (Å²) in [4.78, 5) is 3.83. The van der Waals surface area contributed by atoms with Gasteiger partial charge >= 0.3 is 0 Å². The van der Waals surface area contributed by atoms with Gasteiger partial charge in [-0.2, -0.15) is 5.41 Å². The number of amidine groups is 2. The van der Waals surface area contributed by atoms with E-state index >= 15 is 0 Å². The van der Waals surface area contributed by atoms with Crippen LogP contribution in [0.15, 0.2) is 34.1 Å². The van der Waals surface area contributed by atoms with Gasteiger partial charge < -0.3 is 10.6 Å². The van der Waals surface area contributed by atoms with Gasteiger partial charge in [0, 0.05) is 22.4 Å². The van der Waals surface area contributed by atoms with E-state index in [0.29, 0.717) is 11.8 Å². The number of likely N-dealkylation sites (tertiary alicyclic amines) is 1. The van der Waals surface area contributed by atoms with Gasteiger partial charge in [0.2, 0.25) is 0 Å². The van der Waals surface area contributed by atoms with Crippen molar-refractivity contribution in [2.75, 3.05) is 26.2 Å². The van der Waals surface area contributed by atoms with Crippen molar-refractivity contribution in [2.45, 2.75) is 32.1 Å². The molecule has 1 aromatic carbocycles. The number of benzene rings is 1. The number of nitrogens with two attached hydrogens (primary N) is 1. The number of nitrogens with one attached hydrogen (secondary N) is 1. The second-order valence-corrected chi connectivity index (χ2v) is 10.9. The second kappa shape index (κ2) is 9.29. The molecule has 0 aliphatic carbocycles. The van der Waals surface area contributed by atoms with Gasteiger partial charge in [-0.05, 0) is 84.9 Å². The molecule has 0 amide bonds. The molecule has 2 aromatic rings. The number of nitrogens with zero attached hydrogens (tertiary/aromatic N) is 2.